The van der Waals surface area contributed by atoms with Crippen molar-refractivity contribution in [3.63, 3.8) is 0 Å². The number of alkyl carbamates (subject to hydrolysis) is 1. The van der Waals surface area contributed by atoms with E-state index in [0.29, 0.717) is 25.0 Å². The lowest BCUT2D eigenvalue weighted by atomic mass is 9.92. The molecular formula is C18H27FN2O4Si. The zero-order valence-electron chi connectivity index (χ0n) is 15.5. The van der Waals surface area contributed by atoms with Crippen LogP contribution in [0.15, 0.2) is 24.3 Å². The van der Waals surface area contributed by atoms with Gasteiger partial charge in [-0.2, -0.15) is 0 Å². The van der Waals surface area contributed by atoms with Crippen LogP contribution >= 0.6 is 0 Å². The van der Waals surface area contributed by atoms with E-state index in [1.54, 1.807) is 18.2 Å². The molecule has 2 rings (SSSR count). The van der Waals surface area contributed by atoms with E-state index >= 15 is 0 Å². The molecule has 1 fully saturated rings. The molecule has 1 saturated heterocycles. The fourth-order valence-electron chi connectivity index (χ4n) is 3.02. The summed E-state index contributed by atoms with van der Waals surface area (Å²) in [7, 11) is -1.28. The summed E-state index contributed by atoms with van der Waals surface area (Å²) in [4.78, 5) is 24.7. The van der Waals surface area contributed by atoms with Crippen LogP contribution in [0.25, 0.3) is 0 Å². The first-order valence-electron chi connectivity index (χ1n) is 8.84. The molecule has 1 aromatic carbocycles. The van der Waals surface area contributed by atoms with Crippen molar-refractivity contribution in [2.24, 2.45) is 0 Å². The molecule has 0 aliphatic carbocycles. The number of nitrogens with one attached hydrogen (secondary N) is 1. The predicted octanol–water partition coefficient (Wildman–Crippen LogP) is 4.07. The van der Waals surface area contributed by atoms with Crippen LogP contribution in [-0.2, 0) is 4.74 Å². The number of piperidine rings is 1. The zero-order valence-corrected chi connectivity index (χ0v) is 16.5. The second-order valence-corrected chi connectivity index (χ2v) is 13.4. The van der Waals surface area contributed by atoms with Gasteiger partial charge in [0.1, 0.15) is 5.82 Å². The van der Waals surface area contributed by atoms with Crippen molar-refractivity contribution in [1.29, 1.82) is 0 Å². The number of rotatable bonds is 5. The van der Waals surface area contributed by atoms with Crippen molar-refractivity contribution in [2.75, 3.05) is 13.2 Å². The molecule has 6 nitrogen and oxygen atoms in total. The lowest BCUT2D eigenvalue weighted by Gasteiger charge is -2.38. The van der Waals surface area contributed by atoms with E-state index in [1.807, 2.05) is 0 Å². The first-order valence-corrected chi connectivity index (χ1v) is 12.6. The topological polar surface area (TPSA) is 78.9 Å². The Morgan fingerprint density at radius 1 is 1.35 bits per heavy atom. The Bertz CT molecular complexity index is 650. The molecule has 0 radical (unpaired) electrons. The summed E-state index contributed by atoms with van der Waals surface area (Å²) < 4.78 is 19.4. The van der Waals surface area contributed by atoms with Gasteiger partial charge >= 0.3 is 12.2 Å². The number of ether oxygens (including phenoxy) is 1. The summed E-state index contributed by atoms with van der Waals surface area (Å²) in [6, 6.07) is 6.15. The van der Waals surface area contributed by atoms with Crippen LogP contribution < -0.4 is 5.32 Å². The quantitative estimate of drug-likeness (QED) is 0.752. The maximum atomic E-state index is 14.2. The lowest BCUT2D eigenvalue weighted by Crippen LogP contribution is -2.48. The number of hydrogen-bond acceptors (Lipinski definition) is 3. The Labute approximate surface area is 154 Å². The molecule has 0 saturated carbocycles. The van der Waals surface area contributed by atoms with Crippen LogP contribution in [0.4, 0.5) is 14.0 Å². The summed E-state index contributed by atoms with van der Waals surface area (Å²) in [5.74, 6) is -0.442. The van der Waals surface area contributed by atoms with E-state index in [-0.39, 0.29) is 12.6 Å². The van der Waals surface area contributed by atoms with Crippen molar-refractivity contribution >= 4 is 20.3 Å². The number of carbonyl (C=O) groups excluding carboxylic acids is 1. The Morgan fingerprint density at radius 2 is 2.04 bits per heavy atom. The highest BCUT2D eigenvalue weighted by Gasteiger charge is 2.34. The van der Waals surface area contributed by atoms with Crippen LogP contribution in [0.1, 0.15) is 24.4 Å². The van der Waals surface area contributed by atoms with E-state index in [2.05, 4.69) is 25.0 Å². The number of carboxylic acid groups (broad SMARTS) is 1. The van der Waals surface area contributed by atoms with E-state index in [0.717, 1.165) is 6.04 Å². The smallest absolute Gasteiger partial charge is 0.407 e. The third-order valence-corrected chi connectivity index (χ3v) is 6.22. The van der Waals surface area contributed by atoms with Gasteiger partial charge in [0.2, 0.25) is 0 Å². The highest BCUT2D eigenvalue weighted by molar-refractivity contribution is 6.76. The van der Waals surface area contributed by atoms with Crippen LogP contribution in [0.3, 0.4) is 0 Å². The summed E-state index contributed by atoms with van der Waals surface area (Å²) in [6.45, 7) is 7.22. The van der Waals surface area contributed by atoms with Gasteiger partial charge in [-0.05, 0) is 25.0 Å². The van der Waals surface area contributed by atoms with Gasteiger partial charge in [-0.15, -0.1) is 0 Å². The highest BCUT2D eigenvalue weighted by atomic mass is 28.3. The fraction of sp³-hybridized carbons (Fsp3) is 0.556. The molecule has 2 atom stereocenters. The van der Waals surface area contributed by atoms with Crippen molar-refractivity contribution in [2.45, 2.75) is 50.6 Å². The molecule has 1 aliphatic heterocycles. The van der Waals surface area contributed by atoms with Crippen molar-refractivity contribution in [1.82, 2.24) is 10.2 Å². The molecule has 8 heteroatoms. The largest absolute Gasteiger partial charge is 0.465 e. The van der Waals surface area contributed by atoms with Gasteiger partial charge < -0.3 is 20.1 Å². The molecule has 0 aromatic heterocycles. The van der Waals surface area contributed by atoms with E-state index in [9.17, 15) is 19.1 Å². The molecule has 26 heavy (non-hydrogen) atoms. The average Bonchev–Trinajstić information content (AvgIpc) is 2.53. The van der Waals surface area contributed by atoms with E-state index < -0.39 is 32.1 Å². The molecular weight excluding hydrogens is 355 g/mol. The molecule has 0 spiro atoms. The van der Waals surface area contributed by atoms with Gasteiger partial charge in [0.25, 0.3) is 0 Å². The Balaban J connectivity index is 1.99. The zero-order chi connectivity index (χ0) is 19.3. The molecule has 144 valence electrons. The maximum absolute atomic E-state index is 14.2. The summed E-state index contributed by atoms with van der Waals surface area (Å²) >= 11 is 0. The molecule has 2 amide bonds. The molecule has 1 aliphatic rings. The van der Waals surface area contributed by atoms with Gasteiger partial charge in [0.05, 0.1) is 12.6 Å². The summed E-state index contributed by atoms with van der Waals surface area (Å²) in [6.07, 6.45) is -0.796. The Morgan fingerprint density at radius 3 is 2.65 bits per heavy atom. The van der Waals surface area contributed by atoms with Crippen LogP contribution in [0.2, 0.25) is 25.7 Å². The Hall–Kier alpha value is -2.09. The lowest BCUT2D eigenvalue weighted by molar-refractivity contribution is 0.0915. The summed E-state index contributed by atoms with van der Waals surface area (Å²) in [5, 5.41) is 12.2. The molecule has 1 aromatic rings. The van der Waals surface area contributed by atoms with Gasteiger partial charge in [-0.3, -0.25) is 0 Å². The average molecular weight is 383 g/mol. The van der Waals surface area contributed by atoms with Crippen molar-refractivity contribution in [3.05, 3.63) is 35.6 Å². The number of hydrogen-bond donors (Lipinski definition) is 2. The molecule has 2 N–H and O–H groups in total. The minimum atomic E-state index is -1.28. The number of nitrogens with zero attached hydrogens (tertiary/aromatic N) is 1. The number of likely N-dealkylation sites (tertiary alicyclic amines) is 1. The van der Waals surface area contributed by atoms with Gasteiger partial charge in [0, 0.05) is 26.2 Å². The van der Waals surface area contributed by atoms with Gasteiger partial charge in [-0.25, -0.2) is 14.0 Å². The second-order valence-electron chi connectivity index (χ2n) is 7.83. The molecule has 1 unspecified atom stereocenters. The molecule has 1 heterocycles. The second kappa shape index (κ2) is 8.53. The summed E-state index contributed by atoms with van der Waals surface area (Å²) in [5.41, 5.74) is 0.327. The third kappa shape index (κ3) is 5.72. The van der Waals surface area contributed by atoms with Crippen LogP contribution in [-0.4, -0.2) is 49.5 Å². The minimum absolute atomic E-state index is 0.230. The van der Waals surface area contributed by atoms with E-state index in [1.165, 1.54) is 11.0 Å². The van der Waals surface area contributed by atoms with Crippen LogP contribution in [0.5, 0.6) is 0 Å². The fourth-order valence-corrected chi connectivity index (χ4v) is 3.74. The van der Waals surface area contributed by atoms with Crippen LogP contribution in [0, 0.1) is 5.82 Å². The minimum Gasteiger partial charge on any atom is -0.465 e. The Kier molecular flexibility index (Phi) is 6.63. The van der Waals surface area contributed by atoms with E-state index in [4.69, 9.17) is 4.74 Å². The van der Waals surface area contributed by atoms with Gasteiger partial charge in [-0.1, -0.05) is 37.8 Å². The van der Waals surface area contributed by atoms with Crippen molar-refractivity contribution in [3.8, 4) is 0 Å². The first kappa shape index (κ1) is 20.2. The standard InChI is InChI=1S/C18H27FN2O4Si/c1-26(2,3)11-10-25-17(22)20-13-8-9-21(18(23)24)16(12-13)14-6-4-5-7-15(14)19/h4-7,13,16H,8-12H2,1-3H3,(H,20,22)(H,23,24)/t13?,16-/m1/s1. The van der Waals surface area contributed by atoms with Gasteiger partial charge in [0.15, 0.2) is 0 Å². The maximum Gasteiger partial charge on any atom is 0.407 e. The predicted molar refractivity (Wildman–Crippen MR) is 99.5 cm³/mol. The highest BCUT2D eigenvalue weighted by Crippen LogP contribution is 2.32. The number of benzene rings is 1. The number of carbonyl (C=O) groups is 2. The number of halogens is 1. The normalized spacial score (nSPS) is 20.5. The monoisotopic (exact) mass is 382 g/mol. The van der Waals surface area contributed by atoms with Crippen molar-refractivity contribution < 1.29 is 23.8 Å². The first-order chi connectivity index (χ1) is 12.2. The third-order valence-electron chi connectivity index (χ3n) is 4.52. The number of amides is 2. The molecule has 0 bridgehead atoms. The SMILES string of the molecule is C[Si](C)(C)CCOC(=O)NC1CCN(C(=O)O)[C@@H](c2ccccc2F)C1.